The number of nitrogens with zero attached hydrogens (tertiary/aromatic N) is 1. The van der Waals surface area contributed by atoms with Gasteiger partial charge in [-0.2, -0.15) is 0 Å². The standard InChI is InChI=1S/C23H26N2O5S/c1-2-3-4-8-19(26)15-9-11-16(12-10-15)25-18(21(27)24-23(25)30)7-5-6-17-13-14-20(31-17)22(28)29/h9-14,27H,2-8H2,1H3,(H,24,30)(H,28,29). The minimum absolute atomic E-state index is 0.0844. The number of aromatic hydroxyl groups is 1. The molecule has 0 spiro atoms. The molecule has 7 nitrogen and oxygen atoms in total. The van der Waals surface area contributed by atoms with Gasteiger partial charge in [0.2, 0.25) is 5.88 Å². The third kappa shape index (κ3) is 5.52. The second kappa shape index (κ2) is 10.3. The quantitative estimate of drug-likeness (QED) is 0.297. The van der Waals surface area contributed by atoms with E-state index in [1.807, 2.05) is 0 Å². The SMILES string of the molecule is CCCCCC(=O)c1ccc(-n2c(CCCc3ccc(C(=O)O)s3)c(O)[nH]c2=O)cc1. The van der Waals surface area contributed by atoms with E-state index in [9.17, 15) is 19.5 Å². The van der Waals surface area contributed by atoms with Gasteiger partial charge in [-0.25, -0.2) is 9.59 Å². The number of aromatic nitrogens is 2. The predicted octanol–water partition coefficient (Wildman–Crippen LogP) is 4.57. The smallest absolute Gasteiger partial charge is 0.345 e. The van der Waals surface area contributed by atoms with Crippen molar-refractivity contribution in [3.63, 3.8) is 0 Å². The summed E-state index contributed by atoms with van der Waals surface area (Å²) >= 11 is 1.23. The number of benzene rings is 1. The van der Waals surface area contributed by atoms with Crippen LogP contribution in [0.5, 0.6) is 5.88 Å². The molecule has 8 heteroatoms. The van der Waals surface area contributed by atoms with Crippen LogP contribution in [0.1, 0.15) is 69.6 Å². The molecular formula is C23H26N2O5S. The van der Waals surface area contributed by atoms with Gasteiger partial charge in [0.1, 0.15) is 4.88 Å². The van der Waals surface area contributed by atoms with Crippen LogP contribution in [0.3, 0.4) is 0 Å². The zero-order valence-electron chi connectivity index (χ0n) is 17.4. The first-order chi connectivity index (χ1) is 14.9. The lowest BCUT2D eigenvalue weighted by molar-refractivity contribution is 0.0702. The van der Waals surface area contributed by atoms with Crippen LogP contribution < -0.4 is 5.69 Å². The van der Waals surface area contributed by atoms with E-state index in [2.05, 4.69) is 11.9 Å². The fourth-order valence-corrected chi connectivity index (χ4v) is 4.38. The molecule has 0 fully saturated rings. The van der Waals surface area contributed by atoms with Gasteiger partial charge < -0.3 is 10.2 Å². The summed E-state index contributed by atoms with van der Waals surface area (Å²) in [5, 5.41) is 19.2. The normalized spacial score (nSPS) is 11.0. The van der Waals surface area contributed by atoms with E-state index >= 15 is 0 Å². The Morgan fingerprint density at radius 2 is 1.77 bits per heavy atom. The average molecular weight is 443 g/mol. The highest BCUT2D eigenvalue weighted by atomic mass is 32.1. The Morgan fingerprint density at radius 1 is 1.03 bits per heavy atom. The summed E-state index contributed by atoms with van der Waals surface area (Å²) < 4.78 is 1.41. The number of nitrogens with one attached hydrogen (secondary N) is 1. The first kappa shape index (κ1) is 22.6. The molecule has 31 heavy (non-hydrogen) atoms. The van der Waals surface area contributed by atoms with Crippen LogP contribution in [-0.2, 0) is 12.8 Å². The number of H-pyrrole nitrogens is 1. The van der Waals surface area contributed by atoms with Crippen LogP contribution in [0.4, 0.5) is 0 Å². The minimum atomic E-state index is -0.944. The number of unbranched alkanes of at least 4 members (excludes halogenated alkanes) is 2. The summed E-state index contributed by atoms with van der Waals surface area (Å²) in [7, 11) is 0. The molecule has 1 aromatic carbocycles. The largest absolute Gasteiger partial charge is 0.493 e. The minimum Gasteiger partial charge on any atom is -0.493 e. The van der Waals surface area contributed by atoms with Crippen molar-refractivity contribution in [2.75, 3.05) is 0 Å². The fraction of sp³-hybridized carbons (Fsp3) is 0.348. The number of Topliss-reactive ketones (excluding diaryl/α,β-unsaturated/α-hetero) is 1. The number of ketones is 1. The van der Waals surface area contributed by atoms with Gasteiger partial charge in [0.15, 0.2) is 5.78 Å². The summed E-state index contributed by atoms with van der Waals surface area (Å²) in [5.41, 5.74) is 1.20. The number of carbonyl (C=O) groups excluding carboxylic acids is 1. The number of hydrogen-bond donors (Lipinski definition) is 3. The van der Waals surface area contributed by atoms with E-state index in [0.717, 1.165) is 24.1 Å². The third-order valence-electron chi connectivity index (χ3n) is 5.14. The number of carboxylic acids is 1. The molecule has 3 rings (SSSR count). The summed E-state index contributed by atoms with van der Waals surface area (Å²) in [6.07, 6.45) is 5.17. The number of rotatable bonds is 11. The summed E-state index contributed by atoms with van der Waals surface area (Å²) in [6.45, 7) is 2.09. The maximum absolute atomic E-state index is 12.4. The third-order valence-corrected chi connectivity index (χ3v) is 6.27. The molecule has 2 aromatic heterocycles. The number of aromatic amines is 1. The zero-order valence-corrected chi connectivity index (χ0v) is 18.2. The van der Waals surface area contributed by atoms with Gasteiger partial charge in [0.05, 0.1) is 11.4 Å². The highest BCUT2D eigenvalue weighted by Crippen LogP contribution is 2.22. The molecule has 3 aromatic rings. The van der Waals surface area contributed by atoms with Crippen molar-refractivity contribution in [3.8, 4) is 11.6 Å². The van der Waals surface area contributed by atoms with E-state index in [1.165, 1.54) is 15.9 Å². The molecular weight excluding hydrogens is 416 g/mol. The van der Waals surface area contributed by atoms with E-state index in [4.69, 9.17) is 5.11 Å². The predicted molar refractivity (Wildman–Crippen MR) is 120 cm³/mol. The maximum Gasteiger partial charge on any atom is 0.345 e. The molecule has 0 aliphatic heterocycles. The van der Waals surface area contributed by atoms with Crippen LogP contribution in [0.2, 0.25) is 0 Å². The Hall–Kier alpha value is -3.13. The van der Waals surface area contributed by atoms with Crippen molar-refractivity contribution >= 4 is 23.1 Å². The van der Waals surface area contributed by atoms with Crippen LogP contribution in [0.25, 0.3) is 5.69 Å². The van der Waals surface area contributed by atoms with Crippen LogP contribution in [0, 0.1) is 0 Å². The van der Waals surface area contributed by atoms with Gasteiger partial charge in [-0.15, -0.1) is 11.3 Å². The molecule has 0 aliphatic carbocycles. The Labute approximate surface area is 184 Å². The summed E-state index contributed by atoms with van der Waals surface area (Å²) in [6, 6.07) is 10.2. The van der Waals surface area contributed by atoms with Crippen LogP contribution in [0.15, 0.2) is 41.2 Å². The molecule has 0 radical (unpaired) electrons. The highest BCUT2D eigenvalue weighted by Gasteiger charge is 2.16. The number of aryl methyl sites for hydroxylation is 1. The second-order valence-corrected chi connectivity index (χ2v) is 8.58. The Morgan fingerprint density at radius 3 is 2.42 bits per heavy atom. The fourth-order valence-electron chi connectivity index (χ4n) is 3.49. The monoisotopic (exact) mass is 442 g/mol. The van der Waals surface area contributed by atoms with Crippen molar-refractivity contribution < 1.29 is 19.8 Å². The number of carbonyl (C=O) groups is 2. The first-order valence-electron chi connectivity index (χ1n) is 10.4. The molecule has 0 saturated carbocycles. The molecule has 3 N–H and O–H groups in total. The van der Waals surface area contributed by atoms with Gasteiger partial charge in [-0.3, -0.25) is 14.3 Å². The Bertz CT molecular complexity index is 1110. The van der Waals surface area contributed by atoms with Crippen molar-refractivity contribution in [1.82, 2.24) is 9.55 Å². The van der Waals surface area contributed by atoms with Crippen LogP contribution in [-0.4, -0.2) is 31.5 Å². The zero-order chi connectivity index (χ0) is 22.4. The van der Waals surface area contributed by atoms with E-state index in [1.54, 1.807) is 36.4 Å². The van der Waals surface area contributed by atoms with E-state index in [-0.39, 0.29) is 11.7 Å². The molecule has 0 bridgehead atoms. The molecule has 0 unspecified atom stereocenters. The van der Waals surface area contributed by atoms with E-state index in [0.29, 0.717) is 47.5 Å². The number of aromatic carboxylic acids is 1. The number of carboxylic acid groups (broad SMARTS) is 1. The van der Waals surface area contributed by atoms with Gasteiger partial charge >= 0.3 is 11.7 Å². The molecule has 0 atom stereocenters. The van der Waals surface area contributed by atoms with Gasteiger partial charge in [-0.05, 0) is 62.1 Å². The van der Waals surface area contributed by atoms with E-state index < -0.39 is 11.7 Å². The summed E-state index contributed by atoms with van der Waals surface area (Å²) in [4.78, 5) is 39.3. The highest BCUT2D eigenvalue weighted by molar-refractivity contribution is 7.13. The lowest BCUT2D eigenvalue weighted by Crippen LogP contribution is -2.17. The maximum atomic E-state index is 12.4. The Balaban J connectivity index is 1.71. The number of hydrogen-bond acceptors (Lipinski definition) is 5. The Kier molecular flexibility index (Phi) is 7.46. The topological polar surface area (TPSA) is 112 Å². The molecule has 164 valence electrons. The number of imidazole rings is 1. The summed E-state index contributed by atoms with van der Waals surface area (Å²) in [5.74, 6) is -1.04. The van der Waals surface area contributed by atoms with Crippen molar-refractivity contribution in [2.45, 2.75) is 51.9 Å². The molecule has 0 amide bonds. The van der Waals surface area contributed by atoms with Crippen molar-refractivity contribution in [1.29, 1.82) is 0 Å². The average Bonchev–Trinajstić information content (AvgIpc) is 3.33. The lowest BCUT2D eigenvalue weighted by Gasteiger charge is -2.09. The molecule has 0 saturated heterocycles. The van der Waals surface area contributed by atoms with Gasteiger partial charge in [0, 0.05) is 16.9 Å². The molecule has 0 aliphatic rings. The van der Waals surface area contributed by atoms with Crippen molar-refractivity contribution in [3.05, 3.63) is 67.9 Å². The second-order valence-electron chi connectivity index (χ2n) is 7.41. The van der Waals surface area contributed by atoms with Gasteiger partial charge in [-0.1, -0.05) is 19.8 Å². The molecule has 2 heterocycles. The first-order valence-corrected chi connectivity index (χ1v) is 11.2. The van der Waals surface area contributed by atoms with Gasteiger partial charge in [0.25, 0.3) is 0 Å². The van der Waals surface area contributed by atoms with Crippen molar-refractivity contribution in [2.24, 2.45) is 0 Å². The number of thiophene rings is 1. The van der Waals surface area contributed by atoms with Crippen LogP contribution >= 0.6 is 11.3 Å². The lowest BCUT2D eigenvalue weighted by atomic mass is 10.0.